The maximum Gasteiger partial charge on any atom is 0.244 e. The molecule has 1 heterocycles. The van der Waals surface area contributed by atoms with Gasteiger partial charge in [-0.2, -0.15) is 4.98 Å². The molecule has 1 fully saturated rings. The summed E-state index contributed by atoms with van der Waals surface area (Å²) in [7, 11) is 1.63. The number of nitrogens with zero attached hydrogens (tertiary/aromatic N) is 2. The van der Waals surface area contributed by atoms with Gasteiger partial charge in [0, 0.05) is 5.56 Å². The number of halogens is 1. The lowest BCUT2D eigenvalue weighted by molar-refractivity contribution is 0.343. The smallest absolute Gasteiger partial charge is 0.244 e. The van der Waals surface area contributed by atoms with Crippen LogP contribution in [-0.4, -0.2) is 17.3 Å². The van der Waals surface area contributed by atoms with E-state index in [1.807, 2.05) is 18.2 Å². The fourth-order valence-electron chi connectivity index (χ4n) is 1.95. The number of ether oxygens (including phenoxy) is 1. The fourth-order valence-corrected chi connectivity index (χ4v) is 2.49. The van der Waals surface area contributed by atoms with Gasteiger partial charge >= 0.3 is 0 Å². The average Bonchev–Trinajstić information content (AvgIpc) is 3.15. The molecule has 0 bridgehead atoms. The van der Waals surface area contributed by atoms with E-state index in [0.717, 1.165) is 28.6 Å². The molecule has 0 spiro atoms. The molecule has 1 aromatic heterocycles. The number of hydrogen-bond donors (Lipinski definition) is 1. The topological polar surface area (TPSA) is 74.2 Å². The van der Waals surface area contributed by atoms with Crippen LogP contribution >= 0.6 is 15.9 Å². The molecule has 1 saturated carbocycles. The van der Waals surface area contributed by atoms with E-state index in [1.54, 1.807) is 7.11 Å². The summed E-state index contributed by atoms with van der Waals surface area (Å²) in [4.78, 5) is 4.37. The fraction of sp³-hybridized carbons (Fsp3) is 0.385. The third kappa shape index (κ3) is 2.50. The van der Waals surface area contributed by atoms with Gasteiger partial charge in [-0.25, -0.2) is 0 Å². The Morgan fingerprint density at radius 1 is 1.47 bits per heavy atom. The molecule has 2 aromatic rings. The van der Waals surface area contributed by atoms with E-state index >= 15 is 0 Å². The molecule has 1 aromatic carbocycles. The summed E-state index contributed by atoms with van der Waals surface area (Å²) in [5, 5.41) is 3.99. The van der Waals surface area contributed by atoms with Crippen molar-refractivity contribution in [3.8, 4) is 17.1 Å². The monoisotopic (exact) mass is 323 g/mol. The Morgan fingerprint density at radius 3 is 2.89 bits per heavy atom. The van der Waals surface area contributed by atoms with Gasteiger partial charge in [0.1, 0.15) is 5.75 Å². The predicted molar refractivity (Wildman–Crippen MR) is 73.6 cm³/mol. The quantitative estimate of drug-likeness (QED) is 0.936. The van der Waals surface area contributed by atoms with Gasteiger partial charge in [-0.3, -0.25) is 0 Å². The minimum atomic E-state index is -0.136. The number of nitrogens with two attached hydrogens (primary N) is 1. The summed E-state index contributed by atoms with van der Waals surface area (Å²) in [5.74, 6) is 2.33. The maximum absolute atomic E-state index is 6.04. The van der Waals surface area contributed by atoms with Crippen LogP contribution in [-0.2, 0) is 0 Å². The van der Waals surface area contributed by atoms with Crippen LogP contribution in [0.2, 0.25) is 0 Å². The second-order valence-corrected chi connectivity index (χ2v) is 5.52. The molecule has 1 aliphatic carbocycles. The van der Waals surface area contributed by atoms with Crippen LogP contribution in [0.3, 0.4) is 0 Å². The predicted octanol–water partition coefficient (Wildman–Crippen LogP) is 2.92. The first-order valence-corrected chi connectivity index (χ1v) is 6.91. The van der Waals surface area contributed by atoms with Crippen LogP contribution in [0.1, 0.15) is 24.8 Å². The Hall–Kier alpha value is -1.40. The molecule has 1 atom stereocenters. The molecule has 0 saturated heterocycles. The lowest BCUT2D eigenvalue weighted by atomic mass is 10.2. The maximum atomic E-state index is 6.04. The Morgan fingerprint density at radius 2 is 2.26 bits per heavy atom. The van der Waals surface area contributed by atoms with Crippen LogP contribution in [0.4, 0.5) is 0 Å². The van der Waals surface area contributed by atoms with Gasteiger partial charge in [0.2, 0.25) is 11.7 Å². The molecule has 100 valence electrons. The van der Waals surface area contributed by atoms with Crippen molar-refractivity contribution >= 4 is 15.9 Å². The van der Waals surface area contributed by atoms with Crippen molar-refractivity contribution in [2.24, 2.45) is 11.7 Å². The van der Waals surface area contributed by atoms with E-state index in [4.69, 9.17) is 15.0 Å². The number of hydrogen-bond acceptors (Lipinski definition) is 5. The van der Waals surface area contributed by atoms with Gasteiger partial charge < -0.3 is 15.0 Å². The van der Waals surface area contributed by atoms with E-state index in [0.29, 0.717) is 17.6 Å². The number of rotatable bonds is 4. The van der Waals surface area contributed by atoms with Crippen LogP contribution < -0.4 is 10.5 Å². The molecule has 3 rings (SSSR count). The summed E-state index contributed by atoms with van der Waals surface area (Å²) in [5.41, 5.74) is 6.91. The van der Waals surface area contributed by atoms with E-state index in [-0.39, 0.29) is 6.04 Å². The zero-order valence-electron chi connectivity index (χ0n) is 10.5. The van der Waals surface area contributed by atoms with Crippen molar-refractivity contribution in [1.82, 2.24) is 10.1 Å². The van der Waals surface area contributed by atoms with Crippen molar-refractivity contribution < 1.29 is 9.26 Å². The first-order chi connectivity index (χ1) is 9.19. The summed E-state index contributed by atoms with van der Waals surface area (Å²) < 4.78 is 11.3. The molecule has 19 heavy (non-hydrogen) atoms. The number of aromatic nitrogens is 2. The zero-order chi connectivity index (χ0) is 13.4. The van der Waals surface area contributed by atoms with E-state index < -0.39 is 0 Å². The number of methoxy groups -OCH3 is 1. The highest BCUT2D eigenvalue weighted by atomic mass is 79.9. The second kappa shape index (κ2) is 4.94. The standard InChI is InChI=1S/C13H14BrN3O2/c1-18-10-5-4-8(6-9(10)14)12-16-13(19-17-12)11(15)7-2-3-7/h4-7,11H,2-3,15H2,1H3. The largest absolute Gasteiger partial charge is 0.496 e. The molecular formula is C13H14BrN3O2. The van der Waals surface area contributed by atoms with E-state index in [1.165, 1.54) is 0 Å². The van der Waals surface area contributed by atoms with Crippen molar-refractivity contribution in [2.75, 3.05) is 7.11 Å². The molecule has 1 aliphatic rings. The van der Waals surface area contributed by atoms with Gasteiger partial charge in [-0.1, -0.05) is 5.16 Å². The molecule has 1 unspecified atom stereocenters. The summed E-state index contributed by atoms with van der Waals surface area (Å²) in [6.45, 7) is 0. The summed E-state index contributed by atoms with van der Waals surface area (Å²) in [6, 6.07) is 5.51. The van der Waals surface area contributed by atoms with Crippen LogP contribution in [0.25, 0.3) is 11.4 Å². The lowest BCUT2D eigenvalue weighted by Gasteiger charge is -2.03. The van der Waals surface area contributed by atoms with Crippen molar-refractivity contribution in [3.05, 3.63) is 28.6 Å². The molecule has 0 aliphatic heterocycles. The third-order valence-electron chi connectivity index (χ3n) is 3.27. The van der Waals surface area contributed by atoms with E-state index in [2.05, 4.69) is 26.1 Å². The van der Waals surface area contributed by atoms with Crippen molar-refractivity contribution in [2.45, 2.75) is 18.9 Å². The van der Waals surface area contributed by atoms with Gasteiger partial charge in [-0.05, 0) is 52.9 Å². The van der Waals surface area contributed by atoms with Crippen molar-refractivity contribution in [3.63, 3.8) is 0 Å². The van der Waals surface area contributed by atoms with Gasteiger partial charge in [0.15, 0.2) is 0 Å². The molecular weight excluding hydrogens is 310 g/mol. The van der Waals surface area contributed by atoms with Gasteiger partial charge in [0.05, 0.1) is 17.6 Å². The Balaban J connectivity index is 1.87. The van der Waals surface area contributed by atoms with Gasteiger partial charge in [0.25, 0.3) is 0 Å². The molecule has 0 radical (unpaired) electrons. The average molecular weight is 324 g/mol. The van der Waals surface area contributed by atoms with E-state index in [9.17, 15) is 0 Å². The molecule has 2 N–H and O–H groups in total. The Kier molecular flexibility index (Phi) is 3.28. The van der Waals surface area contributed by atoms with Crippen LogP contribution in [0.5, 0.6) is 5.75 Å². The Labute approximate surface area is 119 Å². The van der Waals surface area contributed by atoms with Crippen molar-refractivity contribution in [1.29, 1.82) is 0 Å². The highest BCUT2D eigenvalue weighted by Crippen LogP contribution is 2.39. The molecule has 0 amide bonds. The first-order valence-electron chi connectivity index (χ1n) is 6.12. The normalized spacial score (nSPS) is 16.4. The highest BCUT2D eigenvalue weighted by Gasteiger charge is 2.33. The lowest BCUT2D eigenvalue weighted by Crippen LogP contribution is -2.12. The summed E-state index contributed by atoms with van der Waals surface area (Å²) in [6.07, 6.45) is 2.29. The second-order valence-electron chi connectivity index (χ2n) is 4.67. The highest BCUT2D eigenvalue weighted by molar-refractivity contribution is 9.10. The third-order valence-corrected chi connectivity index (χ3v) is 3.89. The van der Waals surface area contributed by atoms with Gasteiger partial charge in [-0.15, -0.1) is 0 Å². The molecule has 6 heteroatoms. The minimum absolute atomic E-state index is 0.136. The summed E-state index contributed by atoms with van der Waals surface area (Å²) >= 11 is 3.44. The minimum Gasteiger partial charge on any atom is -0.496 e. The molecule has 5 nitrogen and oxygen atoms in total. The number of benzene rings is 1. The first kappa shape index (κ1) is 12.6. The van der Waals surface area contributed by atoms with Crippen LogP contribution in [0.15, 0.2) is 27.2 Å². The zero-order valence-corrected chi connectivity index (χ0v) is 12.1. The Bertz CT molecular complexity index is 595. The van der Waals surface area contributed by atoms with Crippen LogP contribution in [0, 0.1) is 5.92 Å². The SMILES string of the molecule is COc1ccc(-c2noc(C(N)C3CC3)n2)cc1Br.